The van der Waals surface area contributed by atoms with E-state index in [0.717, 1.165) is 48.6 Å². The number of aryl methyl sites for hydroxylation is 1. The summed E-state index contributed by atoms with van der Waals surface area (Å²) < 4.78 is 7.66. The lowest BCUT2D eigenvalue weighted by atomic mass is 10.1. The normalized spacial score (nSPS) is 17.8. The molecule has 0 saturated carbocycles. The molecule has 1 unspecified atom stereocenters. The van der Waals surface area contributed by atoms with E-state index in [-0.39, 0.29) is 11.9 Å². The van der Waals surface area contributed by atoms with Crippen LogP contribution in [0.4, 0.5) is 17.3 Å². The lowest BCUT2D eigenvalue weighted by molar-refractivity contribution is -0.128. The minimum atomic E-state index is -0.277. The third kappa shape index (κ3) is 3.49. The van der Waals surface area contributed by atoms with Crippen LogP contribution < -0.4 is 20.7 Å². The monoisotopic (exact) mass is 433 g/mol. The fourth-order valence-corrected chi connectivity index (χ4v) is 4.29. The number of anilines is 3. The molecule has 3 N–H and O–H groups in total. The van der Waals surface area contributed by atoms with Crippen LogP contribution in [0.2, 0.25) is 0 Å². The number of fused-ring (bicyclic) bond motifs is 2. The van der Waals surface area contributed by atoms with Crippen LogP contribution in [-0.2, 0) is 11.2 Å². The maximum atomic E-state index is 12.3. The summed E-state index contributed by atoms with van der Waals surface area (Å²) >= 11 is 0. The molecule has 1 aromatic carbocycles. The van der Waals surface area contributed by atoms with Gasteiger partial charge in [-0.1, -0.05) is 18.7 Å². The Morgan fingerprint density at radius 3 is 3.00 bits per heavy atom. The summed E-state index contributed by atoms with van der Waals surface area (Å²) in [6.07, 6.45) is 4.50. The van der Waals surface area contributed by atoms with Crippen LogP contribution in [-0.4, -0.2) is 58.7 Å². The predicted molar refractivity (Wildman–Crippen MR) is 124 cm³/mol. The van der Waals surface area contributed by atoms with Gasteiger partial charge in [-0.25, -0.2) is 4.98 Å². The Balaban J connectivity index is 1.48. The zero-order valence-corrected chi connectivity index (χ0v) is 18.3. The highest BCUT2D eigenvalue weighted by Gasteiger charge is 2.29. The molecule has 1 fully saturated rings. The largest absolute Gasteiger partial charge is 0.491 e. The van der Waals surface area contributed by atoms with Gasteiger partial charge in [-0.2, -0.15) is 9.61 Å². The Kier molecular flexibility index (Phi) is 5.08. The van der Waals surface area contributed by atoms with Crippen molar-refractivity contribution in [2.75, 3.05) is 37.9 Å². The van der Waals surface area contributed by atoms with Crippen molar-refractivity contribution in [3.63, 3.8) is 0 Å². The smallest absolute Gasteiger partial charge is 0.244 e. The van der Waals surface area contributed by atoms with E-state index in [2.05, 4.69) is 33.7 Å². The van der Waals surface area contributed by atoms with Gasteiger partial charge in [0.05, 0.1) is 24.1 Å². The predicted octanol–water partition coefficient (Wildman–Crippen LogP) is 2.63. The molecule has 1 amide bonds. The minimum Gasteiger partial charge on any atom is -0.491 e. The van der Waals surface area contributed by atoms with Gasteiger partial charge in [-0.15, -0.1) is 0 Å². The fraction of sp³-hybridized carbons (Fsp3) is 0.348. The highest BCUT2D eigenvalue weighted by molar-refractivity contribution is 5.86. The molecule has 3 aromatic rings. The number of ether oxygens (including phenoxy) is 1. The van der Waals surface area contributed by atoms with Gasteiger partial charge in [0.25, 0.3) is 0 Å². The van der Waals surface area contributed by atoms with Crippen molar-refractivity contribution in [1.29, 1.82) is 0 Å². The van der Waals surface area contributed by atoms with E-state index in [1.54, 1.807) is 15.6 Å². The number of hydrogen-bond acceptors (Lipinski definition) is 7. The number of nitrogens with one attached hydrogen (secondary N) is 3. The number of likely N-dealkylation sites (N-methyl/N-ethyl adjacent to an activating group) is 1. The Bertz CT molecular complexity index is 1200. The van der Waals surface area contributed by atoms with Crippen LogP contribution in [0.1, 0.15) is 24.0 Å². The van der Waals surface area contributed by atoms with Crippen molar-refractivity contribution >= 4 is 34.6 Å². The first kappa shape index (κ1) is 20.2. The standard InChI is InChI=1S/C23H27N7O2/c1-14(26-18-9-10-29(3)23(18)31)16-13-25-30-20(24-2)12-19(28-22(16)30)27-17-8-4-6-15-7-5-11-32-21(15)17/h4,6,8,12-13,18,24,26H,1,5,7,9-11H2,2-3H3,(H,27,28). The van der Waals surface area contributed by atoms with E-state index in [0.29, 0.717) is 23.8 Å². The molecule has 2 aliphatic heterocycles. The SMILES string of the molecule is C=C(NC1CCN(C)C1=O)c1cnn2c(NC)cc(Nc3cccc4c3OCCC4)nc12. The van der Waals surface area contributed by atoms with Crippen LogP contribution in [0.3, 0.4) is 0 Å². The molecule has 2 aliphatic rings. The quantitative estimate of drug-likeness (QED) is 0.550. The molecule has 0 aliphatic carbocycles. The van der Waals surface area contributed by atoms with Gasteiger partial charge < -0.3 is 25.6 Å². The van der Waals surface area contributed by atoms with Crippen LogP contribution >= 0.6 is 0 Å². The second-order valence-corrected chi connectivity index (χ2v) is 8.17. The Labute approximate surface area is 186 Å². The number of hydrogen-bond donors (Lipinski definition) is 3. The number of carbonyl (C=O) groups excluding carboxylic acids is 1. The number of carbonyl (C=O) groups is 1. The molecule has 9 heteroatoms. The van der Waals surface area contributed by atoms with Gasteiger partial charge in [0.2, 0.25) is 5.91 Å². The number of likely N-dealkylation sites (tertiary alicyclic amines) is 1. The Hall–Kier alpha value is -3.75. The molecular formula is C23H27N7O2. The van der Waals surface area contributed by atoms with Gasteiger partial charge in [-0.3, -0.25) is 4.79 Å². The van der Waals surface area contributed by atoms with E-state index in [1.165, 1.54) is 5.56 Å². The topological polar surface area (TPSA) is 95.8 Å². The third-order valence-electron chi connectivity index (χ3n) is 6.03. The van der Waals surface area contributed by atoms with Gasteiger partial charge in [0.1, 0.15) is 23.4 Å². The lowest BCUT2D eigenvalue weighted by Gasteiger charge is -2.21. The number of para-hydroxylation sites is 1. The maximum absolute atomic E-state index is 12.3. The van der Waals surface area contributed by atoms with Crippen molar-refractivity contribution in [1.82, 2.24) is 24.8 Å². The van der Waals surface area contributed by atoms with Gasteiger partial charge in [0, 0.05) is 32.4 Å². The van der Waals surface area contributed by atoms with Crippen molar-refractivity contribution in [2.45, 2.75) is 25.3 Å². The van der Waals surface area contributed by atoms with E-state index >= 15 is 0 Å². The first-order chi connectivity index (χ1) is 15.5. The average Bonchev–Trinajstić information content (AvgIpc) is 3.37. The van der Waals surface area contributed by atoms with Crippen LogP contribution in [0.5, 0.6) is 5.75 Å². The summed E-state index contributed by atoms with van der Waals surface area (Å²) in [5.41, 5.74) is 4.10. The molecule has 5 rings (SSSR count). The molecule has 0 bridgehead atoms. The highest BCUT2D eigenvalue weighted by atomic mass is 16.5. The minimum absolute atomic E-state index is 0.0719. The van der Waals surface area contributed by atoms with E-state index in [4.69, 9.17) is 9.72 Å². The van der Waals surface area contributed by atoms with E-state index < -0.39 is 0 Å². The maximum Gasteiger partial charge on any atom is 0.244 e. The summed E-state index contributed by atoms with van der Waals surface area (Å²) in [5.74, 6) is 2.40. The molecule has 0 radical (unpaired) electrons. The van der Waals surface area contributed by atoms with Crippen molar-refractivity contribution in [2.24, 2.45) is 0 Å². The van der Waals surface area contributed by atoms with Crippen molar-refractivity contribution in [3.8, 4) is 5.75 Å². The van der Waals surface area contributed by atoms with Gasteiger partial charge >= 0.3 is 0 Å². The number of rotatable bonds is 6. The molecule has 1 atom stereocenters. The van der Waals surface area contributed by atoms with Crippen LogP contribution in [0.25, 0.3) is 11.3 Å². The molecule has 32 heavy (non-hydrogen) atoms. The zero-order chi connectivity index (χ0) is 22.2. The van der Waals surface area contributed by atoms with Crippen LogP contribution in [0.15, 0.2) is 37.0 Å². The molecule has 166 valence electrons. The Morgan fingerprint density at radius 1 is 1.34 bits per heavy atom. The summed E-state index contributed by atoms with van der Waals surface area (Å²) in [6, 6.07) is 7.74. The summed E-state index contributed by atoms with van der Waals surface area (Å²) in [6.45, 7) is 5.61. The first-order valence-electron chi connectivity index (χ1n) is 10.8. The number of aromatic nitrogens is 3. The number of nitrogens with zero attached hydrogens (tertiary/aromatic N) is 4. The molecule has 4 heterocycles. The summed E-state index contributed by atoms with van der Waals surface area (Å²) in [5, 5.41) is 14.3. The zero-order valence-electron chi connectivity index (χ0n) is 18.3. The van der Waals surface area contributed by atoms with Gasteiger partial charge in [-0.05, 0) is 30.9 Å². The molecular weight excluding hydrogens is 406 g/mol. The average molecular weight is 434 g/mol. The van der Waals surface area contributed by atoms with Crippen molar-refractivity contribution < 1.29 is 9.53 Å². The van der Waals surface area contributed by atoms with Crippen LogP contribution in [0, 0.1) is 0 Å². The van der Waals surface area contributed by atoms with E-state index in [1.807, 2.05) is 32.3 Å². The lowest BCUT2D eigenvalue weighted by Crippen LogP contribution is -2.35. The second kappa shape index (κ2) is 8.07. The third-order valence-corrected chi connectivity index (χ3v) is 6.03. The Morgan fingerprint density at radius 2 is 2.22 bits per heavy atom. The number of amides is 1. The summed E-state index contributed by atoms with van der Waals surface area (Å²) in [4.78, 5) is 18.8. The van der Waals surface area contributed by atoms with E-state index in [9.17, 15) is 4.79 Å². The molecule has 1 saturated heterocycles. The molecule has 2 aromatic heterocycles. The molecule has 9 nitrogen and oxygen atoms in total. The number of benzene rings is 1. The highest BCUT2D eigenvalue weighted by Crippen LogP contribution is 2.35. The second-order valence-electron chi connectivity index (χ2n) is 8.17. The van der Waals surface area contributed by atoms with Gasteiger partial charge in [0.15, 0.2) is 5.65 Å². The molecule has 0 spiro atoms. The summed E-state index contributed by atoms with van der Waals surface area (Å²) in [7, 11) is 3.65. The first-order valence-corrected chi connectivity index (χ1v) is 10.8. The fourth-order valence-electron chi connectivity index (χ4n) is 4.29. The van der Waals surface area contributed by atoms with Crippen molar-refractivity contribution in [3.05, 3.63) is 48.2 Å².